The van der Waals surface area contributed by atoms with Crippen molar-refractivity contribution in [2.45, 2.75) is 20.3 Å². The lowest BCUT2D eigenvalue weighted by Crippen LogP contribution is -2.05. The molecule has 0 radical (unpaired) electrons. The lowest BCUT2D eigenvalue weighted by Gasteiger charge is -2.08. The lowest BCUT2D eigenvalue weighted by atomic mass is 10.2. The van der Waals surface area contributed by atoms with Crippen molar-refractivity contribution < 1.29 is 0 Å². The smallest absolute Gasteiger partial charge is 0.0797 e. The van der Waals surface area contributed by atoms with Crippen LogP contribution in [0, 0.1) is 13.8 Å². The van der Waals surface area contributed by atoms with Crippen molar-refractivity contribution in [1.29, 1.82) is 0 Å². The second kappa shape index (κ2) is 5.12. The molecule has 0 aliphatic heterocycles. The standard InChI is InChI=1S/C13H16N2S/c1-10-5-3-4-6-12(10)14-8-7-13-11(2)15-9-16-13/h3-6,9,14H,7-8H2,1-2H3. The highest BCUT2D eigenvalue weighted by molar-refractivity contribution is 7.09. The van der Waals surface area contributed by atoms with Crippen LogP contribution in [0.2, 0.25) is 0 Å². The van der Waals surface area contributed by atoms with Gasteiger partial charge in [-0.3, -0.25) is 0 Å². The number of rotatable bonds is 4. The maximum absolute atomic E-state index is 4.25. The summed E-state index contributed by atoms with van der Waals surface area (Å²) in [6, 6.07) is 8.37. The van der Waals surface area contributed by atoms with Crippen LogP contribution in [0.1, 0.15) is 16.1 Å². The van der Waals surface area contributed by atoms with Crippen LogP contribution in [0.25, 0.3) is 0 Å². The molecule has 2 aromatic rings. The predicted molar refractivity (Wildman–Crippen MR) is 70.2 cm³/mol. The van der Waals surface area contributed by atoms with Crippen LogP contribution in [-0.4, -0.2) is 11.5 Å². The van der Waals surface area contributed by atoms with E-state index in [-0.39, 0.29) is 0 Å². The topological polar surface area (TPSA) is 24.9 Å². The molecule has 1 heterocycles. The van der Waals surface area contributed by atoms with E-state index in [1.54, 1.807) is 11.3 Å². The molecule has 1 aromatic heterocycles. The number of nitrogens with zero attached hydrogens (tertiary/aromatic N) is 1. The maximum Gasteiger partial charge on any atom is 0.0797 e. The van der Waals surface area contributed by atoms with E-state index in [1.165, 1.54) is 16.1 Å². The average Bonchev–Trinajstić information content (AvgIpc) is 2.67. The van der Waals surface area contributed by atoms with Crippen LogP contribution < -0.4 is 5.32 Å². The predicted octanol–water partition coefficient (Wildman–Crippen LogP) is 3.41. The summed E-state index contributed by atoms with van der Waals surface area (Å²) in [6.45, 7) is 5.16. The molecule has 0 atom stereocenters. The quantitative estimate of drug-likeness (QED) is 0.873. The van der Waals surface area contributed by atoms with E-state index in [4.69, 9.17) is 0 Å². The highest BCUT2D eigenvalue weighted by Gasteiger charge is 2.01. The number of nitrogens with one attached hydrogen (secondary N) is 1. The van der Waals surface area contributed by atoms with Gasteiger partial charge in [-0.25, -0.2) is 4.98 Å². The Morgan fingerprint density at radius 3 is 2.75 bits per heavy atom. The fraction of sp³-hybridized carbons (Fsp3) is 0.308. The first-order valence-electron chi connectivity index (χ1n) is 5.46. The number of aromatic nitrogens is 1. The van der Waals surface area contributed by atoms with Crippen LogP contribution in [0.5, 0.6) is 0 Å². The van der Waals surface area contributed by atoms with Crippen LogP contribution in [0.4, 0.5) is 5.69 Å². The Morgan fingerprint density at radius 2 is 2.06 bits per heavy atom. The molecule has 0 aliphatic rings. The summed E-state index contributed by atoms with van der Waals surface area (Å²) in [5.74, 6) is 0. The summed E-state index contributed by atoms with van der Waals surface area (Å²) in [6.07, 6.45) is 1.05. The SMILES string of the molecule is Cc1ccccc1NCCc1scnc1C. The zero-order valence-electron chi connectivity index (χ0n) is 9.66. The van der Waals surface area contributed by atoms with Gasteiger partial charge in [0, 0.05) is 23.5 Å². The van der Waals surface area contributed by atoms with Gasteiger partial charge in [0.2, 0.25) is 0 Å². The van der Waals surface area contributed by atoms with Crippen LogP contribution >= 0.6 is 11.3 Å². The molecular weight excluding hydrogens is 216 g/mol. The van der Waals surface area contributed by atoms with E-state index >= 15 is 0 Å². The van der Waals surface area contributed by atoms with Crippen LogP contribution in [-0.2, 0) is 6.42 Å². The third-order valence-electron chi connectivity index (χ3n) is 2.66. The minimum atomic E-state index is 0.966. The van der Waals surface area contributed by atoms with E-state index in [9.17, 15) is 0 Å². The minimum Gasteiger partial charge on any atom is -0.384 e. The highest BCUT2D eigenvalue weighted by atomic mass is 32.1. The molecule has 2 nitrogen and oxygen atoms in total. The first kappa shape index (κ1) is 11.1. The Bertz CT molecular complexity index is 462. The summed E-state index contributed by atoms with van der Waals surface area (Å²) in [4.78, 5) is 5.63. The van der Waals surface area contributed by atoms with Gasteiger partial charge >= 0.3 is 0 Å². The molecule has 3 heteroatoms. The van der Waals surface area contributed by atoms with Gasteiger partial charge in [0.1, 0.15) is 0 Å². The Morgan fingerprint density at radius 1 is 1.25 bits per heavy atom. The monoisotopic (exact) mass is 232 g/mol. The Balaban J connectivity index is 1.89. The molecule has 0 spiro atoms. The van der Waals surface area contributed by atoms with E-state index < -0.39 is 0 Å². The molecular formula is C13H16N2S. The molecule has 84 valence electrons. The molecule has 1 N–H and O–H groups in total. The van der Waals surface area contributed by atoms with E-state index in [0.717, 1.165) is 18.7 Å². The second-order valence-corrected chi connectivity index (χ2v) is 4.79. The number of aryl methyl sites for hydroxylation is 2. The summed E-state index contributed by atoms with van der Waals surface area (Å²) in [7, 11) is 0. The third kappa shape index (κ3) is 2.61. The van der Waals surface area contributed by atoms with Gasteiger partial charge in [-0.05, 0) is 25.5 Å². The van der Waals surface area contributed by atoms with Gasteiger partial charge in [-0.15, -0.1) is 11.3 Å². The number of hydrogen-bond acceptors (Lipinski definition) is 3. The first-order valence-corrected chi connectivity index (χ1v) is 6.34. The second-order valence-electron chi connectivity index (χ2n) is 3.85. The Labute approximate surface area is 100 Å². The van der Waals surface area contributed by atoms with Gasteiger partial charge in [0.05, 0.1) is 11.2 Å². The highest BCUT2D eigenvalue weighted by Crippen LogP contribution is 2.15. The minimum absolute atomic E-state index is 0.966. The molecule has 0 saturated carbocycles. The van der Waals surface area contributed by atoms with Crippen molar-refractivity contribution in [3.63, 3.8) is 0 Å². The number of anilines is 1. The van der Waals surface area contributed by atoms with Crippen LogP contribution in [0.3, 0.4) is 0 Å². The van der Waals surface area contributed by atoms with Crippen molar-refractivity contribution in [3.8, 4) is 0 Å². The molecule has 0 saturated heterocycles. The first-order chi connectivity index (χ1) is 7.77. The van der Waals surface area contributed by atoms with Crippen molar-refractivity contribution in [1.82, 2.24) is 4.98 Å². The molecule has 1 aromatic carbocycles. The number of thiazole rings is 1. The molecule has 0 aliphatic carbocycles. The van der Waals surface area contributed by atoms with E-state index in [1.807, 2.05) is 5.51 Å². The maximum atomic E-state index is 4.25. The number of benzene rings is 1. The summed E-state index contributed by atoms with van der Waals surface area (Å²) in [5, 5.41) is 3.46. The average molecular weight is 232 g/mol. The normalized spacial score (nSPS) is 10.4. The van der Waals surface area contributed by atoms with Gasteiger partial charge in [-0.2, -0.15) is 0 Å². The Hall–Kier alpha value is -1.35. The van der Waals surface area contributed by atoms with Gasteiger partial charge in [0.25, 0.3) is 0 Å². The fourth-order valence-corrected chi connectivity index (χ4v) is 2.43. The summed E-state index contributed by atoms with van der Waals surface area (Å²) < 4.78 is 0. The molecule has 0 unspecified atom stereocenters. The van der Waals surface area contributed by atoms with E-state index in [0.29, 0.717) is 0 Å². The van der Waals surface area contributed by atoms with Gasteiger partial charge < -0.3 is 5.32 Å². The molecule has 16 heavy (non-hydrogen) atoms. The van der Waals surface area contributed by atoms with Crippen molar-refractivity contribution in [2.75, 3.05) is 11.9 Å². The number of hydrogen-bond donors (Lipinski definition) is 1. The molecule has 0 bridgehead atoms. The van der Waals surface area contributed by atoms with Crippen molar-refractivity contribution >= 4 is 17.0 Å². The molecule has 0 amide bonds. The van der Waals surface area contributed by atoms with Crippen molar-refractivity contribution in [2.24, 2.45) is 0 Å². The zero-order chi connectivity index (χ0) is 11.4. The van der Waals surface area contributed by atoms with Gasteiger partial charge in [-0.1, -0.05) is 18.2 Å². The third-order valence-corrected chi connectivity index (χ3v) is 3.65. The number of para-hydroxylation sites is 1. The largest absolute Gasteiger partial charge is 0.384 e. The Kier molecular flexibility index (Phi) is 3.57. The lowest BCUT2D eigenvalue weighted by molar-refractivity contribution is 1.01. The zero-order valence-corrected chi connectivity index (χ0v) is 10.5. The van der Waals surface area contributed by atoms with Crippen molar-refractivity contribution in [3.05, 3.63) is 45.9 Å². The summed E-state index contributed by atoms with van der Waals surface area (Å²) >= 11 is 1.74. The molecule has 2 rings (SSSR count). The van der Waals surface area contributed by atoms with Gasteiger partial charge in [0.15, 0.2) is 0 Å². The summed E-state index contributed by atoms with van der Waals surface area (Å²) in [5.41, 5.74) is 5.60. The fourth-order valence-electron chi connectivity index (χ4n) is 1.65. The molecule has 0 fully saturated rings. The van der Waals surface area contributed by atoms with E-state index in [2.05, 4.69) is 48.4 Å². The van der Waals surface area contributed by atoms with Crippen LogP contribution in [0.15, 0.2) is 29.8 Å².